The van der Waals surface area contributed by atoms with Crippen LogP contribution in [0, 0.1) is 0 Å². The summed E-state index contributed by atoms with van der Waals surface area (Å²) in [6.07, 6.45) is 10.5. The molecule has 0 radical (unpaired) electrons. The molecule has 0 saturated heterocycles. The van der Waals surface area contributed by atoms with Crippen LogP contribution in [0.5, 0.6) is 0 Å². The standard InChI is InChI=1S/C11H25N3/c1-2-3-4-5-6-7-8-9-10-14-11(12)13/h2-10H2,1H3,(H4,12,13,14). The summed E-state index contributed by atoms with van der Waals surface area (Å²) < 4.78 is 0. The lowest BCUT2D eigenvalue weighted by Gasteiger charge is -1.99. The molecule has 84 valence electrons. The third kappa shape index (κ3) is 11.3. The predicted octanol–water partition coefficient (Wildman–Crippen LogP) is 2.40. The van der Waals surface area contributed by atoms with Crippen molar-refractivity contribution in [1.29, 1.82) is 0 Å². The largest absolute Gasteiger partial charge is 0.370 e. The Bertz CT molecular complexity index is 139. The summed E-state index contributed by atoms with van der Waals surface area (Å²) in [4.78, 5) is 3.94. The molecule has 3 heteroatoms. The molecule has 0 saturated carbocycles. The SMILES string of the molecule is CCCCCCCCCCN=C(N)N. The van der Waals surface area contributed by atoms with Crippen molar-refractivity contribution in [1.82, 2.24) is 0 Å². The Kier molecular flexibility index (Phi) is 9.81. The second-order valence-electron chi connectivity index (χ2n) is 3.78. The second kappa shape index (κ2) is 10.4. The summed E-state index contributed by atoms with van der Waals surface area (Å²) in [6, 6.07) is 0. The van der Waals surface area contributed by atoms with E-state index in [1.165, 1.54) is 44.9 Å². The lowest BCUT2D eigenvalue weighted by Crippen LogP contribution is -2.22. The van der Waals surface area contributed by atoms with Gasteiger partial charge in [0.15, 0.2) is 5.96 Å². The van der Waals surface area contributed by atoms with Gasteiger partial charge < -0.3 is 11.5 Å². The normalized spacial score (nSPS) is 10.1. The molecule has 0 aliphatic rings. The van der Waals surface area contributed by atoms with Gasteiger partial charge in [0.1, 0.15) is 0 Å². The van der Waals surface area contributed by atoms with E-state index in [-0.39, 0.29) is 5.96 Å². The molecule has 0 spiro atoms. The van der Waals surface area contributed by atoms with Crippen LogP contribution < -0.4 is 11.5 Å². The molecule has 0 aromatic carbocycles. The Balaban J connectivity index is 2.96. The molecule has 0 aromatic rings. The Morgan fingerprint density at radius 2 is 1.36 bits per heavy atom. The Morgan fingerprint density at radius 1 is 0.857 bits per heavy atom. The van der Waals surface area contributed by atoms with Gasteiger partial charge >= 0.3 is 0 Å². The number of aliphatic imine (C=N–C) groups is 1. The lowest BCUT2D eigenvalue weighted by molar-refractivity contribution is 0.578. The van der Waals surface area contributed by atoms with Crippen molar-refractivity contribution >= 4 is 5.96 Å². The average molecular weight is 199 g/mol. The molecule has 0 bridgehead atoms. The van der Waals surface area contributed by atoms with E-state index in [2.05, 4.69) is 11.9 Å². The van der Waals surface area contributed by atoms with Gasteiger partial charge in [-0.15, -0.1) is 0 Å². The van der Waals surface area contributed by atoms with Crippen LogP contribution in [0.3, 0.4) is 0 Å². The molecule has 0 fully saturated rings. The number of nitrogens with two attached hydrogens (primary N) is 2. The molecule has 4 N–H and O–H groups in total. The van der Waals surface area contributed by atoms with Crippen molar-refractivity contribution < 1.29 is 0 Å². The van der Waals surface area contributed by atoms with Crippen molar-refractivity contribution in [2.75, 3.05) is 6.54 Å². The first kappa shape index (κ1) is 13.3. The van der Waals surface area contributed by atoms with Crippen molar-refractivity contribution in [3.8, 4) is 0 Å². The van der Waals surface area contributed by atoms with E-state index in [9.17, 15) is 0 Å². The van der Waals surface area contributed by atoms with E-state index in [4.69, 9.17) is 11.5 Å². The number of nitrogens with zero attached hydrogens (tertiary/aromatic N) is 1. The molecule has 0 aromatic heterocycles. The highest BCUT2D eigenvalue weighted by molar-refractivity contribution is 5.75. The van der Waals surface area contributed by atoms with Crippen LogP contribution in [0.1, 0.15) is 58.3 Å². The van der Waals surface area contributed by atoms with Crippen LogP contribution in [0.4, 0.5) is 0 Å². The topological polar surface area (TPSA) is 64.4 Å². The fraction of sp³-hybridized carbons (Fsp3) is 0.909. The molecule has 0 unspecified atom stereocenters. The van der Waals surface area contributed by atoms with Crippen LogP contribution >= 0.6 is 0 Å². The summed E-state index contributed by atoms with van der Waals surface area (Å²) in [5, 5.41) is 0. The highest BCUT2D eigenvalue weighted by atomic mass is 15.0. The molecule has 3 nitrogen and oxygen atoms in total. The van der Waals surface area contributed by atoms with Crippen molar-refractivity contribution in [3.63, 3.8) is 0 Å². The van der Waals surface area contributed by atoms with Crippen LogP contribution in [0.15, 0.2) is 4.99 Å². The van der Waals surface area contributed by atoms with Gasteiger partial charge in [-0.25, -0.2) is 0 Å². The molecule has 0 aliphatic heterocycles. The minimum Gasteiger partial charge on any atom is -0.370 e. The van der Waals surface area contributed by atoms with Crippen molar-refractivity contribution in [2.24, 2.45) is 16.5 Å². The zero-order valence-electron chi connectivity index (χ0n) is 9.47. The average Bonchev–Trinajstić information content (AvgIpc) is 2.15. The minimum absolute atomic E-state index is 0.216. The van der Waals surface area contributed by atoms with E-state index in [0.717, 1.165) is 13.0 Å². The van der Waals surface area contributed by atoms with Crippen LogP contribution in [-0.4, -0.2) is 12.5 Å². The number of guanidine groups is 1. The van der Waals surface area contributed by atoms with Gasteiger partial charge in [0.25, 0.3) is 0 Å². The third-order valence-electron chi connectivity index (χ3n) is 2.31. The first-order valence-electron chi connectivity index (χ1n) is 5.82. The maximum Gasteiger partial charge on any atom is 0.185 e. The highest BCUT2D eigenvalue weighted by Crippen LogP contribution is 2.08. The summed E-state index contributed by atoms with van der Waals surface area (Å²) in [5.74, 6) is 0.216. The van der Waals surface area contributed by atoms with Gasteiger partial charge in [-0.3, -0.25) is 4.99 Å². The Hall–Kier alpha value is -0.730. The van der Waals surface area contributed by atoms with Gasteiger partial charge in [-0.05, 0) is 6.42 Å². The fourth-order valence-corrected chi connectivity index (χ4v) is 1.45. The monoisotopic (exact) mass is 199 g/mol. The zero-order valence-corrected chi connectivity index (χ0v) is 9.47. The van der Waals surface area contributed by atoms with Gasteiger partial charge in [-0.1, -0.05) is 51.9 Å². The van der Waals surface area contributed by atoms with E-state index in [1.54, 1.807) is 0 Å². The summed E-state index contributed by atoms with van der Waals surface area (Å²) in [7, 11) is 0. The quantitative estimate of drug-likeness (QED) is 0.340. The van der Waals surface area contributed by atoms with Crippen LogP contribution in [0.25, 0.3) is 0 Å². The van der Waals surface area contributed by atoms with E-state index >= 15 is 0 Å². The molecule has 0 aliphatic carbocycles. The van der Waals surface area contributed by atoms with E-state index in [0.29, 0.717) is 0 Å². The fourth-order valence-electron chi connectivity index (χ4n) is 1.45. The molecule has 14 heavy (non-hydrogen) atoms. The summed E-state index contributed by atoms with van der Waals surface area (Å²) >= 11 is 0. The zero-order chi connectivity index (χ0) is 10.6. The number of rotatable bonds is 9. The van der Waals surface area contributed by atoms with Crippen molar-refractivity contribution in [2.45, 2.75) is 58.3 Å². The molecular weight excluding hydrogens is 174 g/mol. The first-order chi connectivity index (χ1) is 6.77. The Morgan fingerprint density at radius 3 is 1.86 bits per heavy atom. The maximum absolute atomic E-state index is 5.22. The number of unbranched alkanes of at least 4 members (excludes halogenated alkanes) is 7. The second-order valence-corrected chi connectivity index (χ2v) is 3.78. The molecular formula is C11H25N3. The predicted molar refractivity (Wildman–Crippen MR) is 63.3 cm³/mol. The molecule has 0 rings (SSSR count). The minimum atomic E-state index is 0.216. The van der Waals surface area contributed by atoms with E-state index < -0.39 is 0 Å². The first-order valence-corrected chi connectivity index (χ1v) is 5.82. The number of hydrogen-bond donors (Lipinski definition) is 2. The van der Waals surface area contributed by atoms with Gasteiger partial charge in [0, 0.05) is 6.54 Å². The van der Waals surface area contributed by atoms with Gasteiger partial charge in [0.2, 0.25) is 0 Å². The maximum atomic E-state index is 5.22. The molecule has 0 heterocycles. The summed E-state index contributed by atoms with van der Waals surface area (Å²) in [6.45, 7) is 3.03. The van der Waals surface area contributed by atoms with Gasteiger partial charge in [-0.2, -0.15) is 0 Å². The third-order valence-corrected chi connectivity index (χ3v) is 2.31. The van der Waals surface area contributed by atoms with Crippen LogP contribution in [-0.2, 0) is 0 Å². The smallest absolute Gasteiger partial charge is 0.185 e. The van der Waals surface area contributed by atoms with E-state index in [1.807, 2.05) is 0 Å². The van der Waals surface area contributed by atoms with Crippen molar-refractivity contribution in [3.05, 3.63) is 0 Å². The number of hydrogen-bond acceptors (Lipinski definition) is 1. The summed E-state index contributed by atoms with van der Waals surface area (Å²) in [5.41, 5.74) is 10.4. The van der Waals surface area contributed by atoms with Crippen LogP contribution in [0.2, 0.25) is 0 Å². The molecule has 0 atom stereocenters. The lowest BCUT2D eigenvalue weighted by atomic mass is 10.1. The highest BCUT2D eigenvalue weighted by Gasteiger charge is 1.90. The molecule has 0 amide bonds. The Labute approximate surface area is 88.0 Å². The van der Waals surface area contributed by atoms with Gasteiger partial charge in [0.05, 0.1) is 0 Å².